The van der Waals surface area contributed by atoms with Gasteiger partial charge in [-0.3, -0.25) is 0 Å². The molecule has 1 saturated heterocycles. The first-order chi connectivity index (χ1) is 12.1. The Balaban J connectivity index is 1.93. The van der Waals surface area contributed by atoms with Crippen molar-refractivity contribution in [3.63, 3.8) is 0 Å². The van der Waals surface area contributed by atoms with Crippen molar-refractivity contribution in [1.29, 1.82) is 0 Å². The molecule has 0 spiro atoms. The second-order valence-electron chi connectivity index (χ2n) is 6.18. The molecule has 3 rings (SSSR count). The van der Waals surface area contributed by atoms with Gasteiger partial charge in [0.05, 0.1) is 12.8 Å². The third kappa shape index (κ3) is 3.74. The Morgan fingerprint density at radius 1 is 1.36 bits per heavy atom. The topological polar surface area (TPSA) is 76.3 Å². The first-order valence-electron chi connectivity index (χ1n) is 8.61. The van der Waals surface area contributed by atoms with Gasteiger partial charge >= 0.3 is 0 Å². The van der Waals surface area contributed by atoms with E-state index in [1.807, 2.05) is 0 Å². The van der Waals surface area contributed by atoms with E-state index in [-0.39, 0.29) is 0 Å². The minimum atomic E-state index is 0.472. The Bertz CT molecular complexity index is 739. The van der Waals surface area contributed by atoms with Crippen LogP contribution in [0.3, 0.4) is 0 Å². The van der Waals surface area contributed by atoms with Crippen LogP contribution in [0.4, 0.5) is 23.0 Å². The minimum Gasteiger partial charge on any atom is -0.495 e. The molecule has 0 bridgehead atoms. The highest BCUT2D eigenvalue weighted by atomic mass is 35.5. The van der Waals surface area contributed by atoms with Gasteiger partial charge in [0.15, 0.2) is 11.6 Å². The summed E-state index contributed by atoms with van der Waals surface area (Å²) in [5, 5.41) is 3.84. The Morgan fingerprint density at radius 3 is 2.96 bits per heavy atom. The third-order valence-electron chi connectivity index (χ3n) is 4.65. The maximum Gasteiger partial charge on any atom is 0.159 e. The number of hydrogen-bond donors (Lipinski definition) is 2. The van der Waals surface area contributed by atoms with Gasteiger partial charge in [-0.2, -0.15) is 0 Å². The maximum atomic E-state index is 6.41. The second-order valence-corrected chi connectivity index (χ2v) is 6.62. The molecule has 1 fully saturated rings. The number of nitrogens with zero attached hydrogens (tertiary/aromatic N) is 3. The zero-order chi connectivity index (χ0) is 17.8. The van der Waals surface area contributed by atoms with E-state index in [0.29, 0.717) is 28.3 Å². The highest BCUT2D eigenvalue weighted by molar-refractivity contribution is 6.31. The summed E-state index contributed by atoms with van der Waals surface area (Å²) in [6, 6.07) is 5.84. The smallest absolute Gasteiger partial charge is 0.159 e. The Morgan fingerprint density at radius 2 is 2.20 bits per heavy atom. The van der Waals surface area contributed by atoms with Gasteiger partial charge in [0, 0.05) is 17.6 Å². The molecule has 1 aliphatic heterocycles. The molecule has 134 valence electrons. The fourth-order valence-corrected chi connectivity index (χ4v) is 3.50. The number of benzene rings is 1. The van der Waals surface area contributed by atoms with E-state index in [0.717, 1.165) is 30.9 Å². The molecule has 0 aliphatic carbocycles. The number of methoxy groups -OCH3 is 1. The summed E-state index contributed by atoms with van der Waals surface area (Å²) < 4.78 is 5.38. The highest BCUT2D eigenvalue weighted by Gasteiger charge is 2.25. The van der Waals surface area contributed by atoms with Gasteiger partial charge in [0.25, 0.3) is 0 Å². The second kappa shape index (κ2) is 7.78. The summed E-state index contributed by atoms with van der Waals surface area (Å²) in [6.45, 7) is 3.18. The SMILES string of the molecule is CCC1CCCCN1c1ncnc(Nc2cc(Cl)ccc2OC)c1N. The zero-order valence-electron chi connectivity index (χ0n) is 14.6. The van der Waals surface area contributed by atoms with E-state index in [9.17, 15) is 0 Å². The molecule has 3 N–H and O–H groups in total. The summed E-state index contributed by atoms with van der Waals surface area (Å²) in [7, 11) is 1.61. The Hall–Kier alpha value is -2.21. The Labute approximate surface area is 153 Å². The number of nitrogens with two attached hydrogens (primary N) is 1. The molecule has 0 saturated carbocycles. The van der Waals surface area contributed by atoms with E-state index in [2.05, 4.69) is 27.1 Å². The van der Waals surface area contributed by atoms with Crippen LogP contribution in [0, 0.1) is 0 Å². The predicted molar refractivity (Wildman–Crippen MR) is 103 cm³/mol. The molecular formula is C18H24ClN5O. The quantitative estimate of drug-likeness (QED) is 0.829. The number of nitrogens with one attached hydrogen (secondary N) is 1. The van der Waals surface area contributed by atoms with Gasteiger partial charge in [0.1, 0.15) is 17.8 Å². The largest absolute Gasteiger partial charge is 0.495 e. The van der Waals surface area contributed by atoms with Crippen LogP contribution in [0.25, 0.3) is 0 Å². The summed E-state index contributed by atoms with van der Waals surface area (Å²) in [5.74, 6) is 2.03. The maximum absolute atomic E-state index is 6.41. The first kappa shape index (κ1) is 17.6. The van der Waals surface area contributed by atoms with Crippen molar-refractivity contribution in [1.82, 2.24) is 9.97 Å². The van der Waals surface area contributed by atoms with Crippen molar-refractivity contribution < 1.29 is 4.74 Å². The summed E-state index contributed by atoms with van der Waals surface area (Å²) in [4.78, 5) is 11.1. The van der Waals surface area contributed by atoms with Crippen LogP contribution in [0.1, 0.15) is 32.6 Å². The van der Waals surface area contributed by atoms with Gasteiger partial charge in [-0.1, -0.05) is 18.5 Å². The van der Waals surface area contributed by atoms with Crippen LogP contribution in [0.2, 0.25) is 5.02 Å². The van der Waals surface area contributed by atoms with Crippen molar-refractivity contribution in [2.75, 3.05) is 29.6 Å². The van der Waals surface area contributed by atoms with Crippen molar-refractivity contribution in [2.24, 2.45) is 0 Å². The zero-order valence-corrected chi connectivity index (χ0v) is 15.4. The van der Waals surface area contributed by atoms with Crippen LogP contribution in [-0.2, 0) is 0 Å². The number of nitrogen functional groups attached to an aromatic ring is 1. The number of ether oxygens (including phenoxy) is 1. The molecule has 6 nitrogen and oxygen atoms in total. The van der Waals surface area contributed by atoms with Crippen molar-refractivity contribution in [3.05, 3.63) is 29.5 Å². The fraction of sp³-hybridized carbons (Fsp3) is 0.444. The lowest BCUT2D eigenvalue weighted by Gasteiger charge is -2.36. The van der Waals surface area contributed by atoms with Crippen LogP contribution < -0.4 is 20.7 Å². The molecule has 1 unspecified atom stereocenters. The third-order valence-corrected chi connectivity index (χ3v) is 4.88. The molecule has 2 aromatic rings. The van der Waals surface area contributed by atoms with Gasteiger partial charge in [0.2, 0.25) is 0 Å². The van der Waals surface area contributed by atoms with Gasteiger partial charge in [-0.25, -0.2) is 9.97 Å². The molecule has 0 amide bonds. The minimum absolute atomic E-state index is 0.472. The lowest BCUT2D eigenvalue weighted by atomic mass is 10.00. The summed E-state index contributed by atoms with van der Waals surface area (Å²) in [6.07, 6.45) is 6.21. The van der Waals surface area contributed by atoms with Crippen molar-refractivity contribution in [2.45, 2.75) is 38.6 Å². The number of piperidine rings is 1. The van der Waals surface area contributed by atoms with Crippen LogP contribution in [0.5, 0.6) is 5.75 Å². The molecule has 1 aliphatic rings. The monoisotopic (exact) mass is 361 g/mol. The van der Waals surface area contributed by atoms with Gasteiger partial charge in [-0.05, 0) is 43.9 Å². The van der Waals surface area contributed by atoms with Crippen molar-refractivity contribution in [3.8, 4) is 5.75 Å². The molecule has 2 heterocycles. The number of anilines is 4. The molecule has 7 heteroatoms. The van der Waals surface area contributed by atoms with Gasteiger partial charge in [-0.15, -0.1) is 0 Å². The molecule has 1 aromatic heterocycles. The van der Waals surface area contributed by atoms with Crippen molar-refractivity contribution >= 4 is 34.6 Å². The predicted octanol–water partition coefficient (Wildman–Crippen LogP) is 4.23. The lowest BCUT2D eigenvalue weighted by molar-refractivity contribution is 0.417. The number of hydrogen-bond acceptors (Lipinski definition) is 6. The van der Waals surface area contributed by atoms with E-state index < -0.39 is 0 Å². The van der Waals surface area contributed by atoms with E-state index in [1.54, 1.807) is 31.6 Å². The van der Waals surface area contributed by atoms with E-state index in [4.69, 9.17) is 22.1 Å². The van der Waals surface area contributed by atoms with E-state index in [1.165, 1.54) is 12.8 Å². The molecule has 0 radical (unpaired) electrons. The summed E-state index contributed by atoms with van der Waals surface area (Å²) in [5.41, 5.74) is 7.67. The van der Waals surface area contributed by atoms with E-state index >= 15 is 0 Å². The fourth-order valence-electron chi connectivity index (χ4n) is 3.32. The molecule has 25 heavy (non-hydrogen) atoms. The summed E-state index contributed by atoms with van der Waals surface area (Å²) >= 11 is 6.10. The van der Waals surface area contributed by atoms with Crippen LogP contribution >= 0.6 is 11.6 Å². The van der Waals surface area contributed by atoms with Crippen LogP contribution in [0.15, 0.2) is 24.5 Å². The average Bonchev–Trinajstić information content (AvgIpc) is 2.64. The molecular weight excluding hydrogens is 338 g/mol. The highest BCUT2D eigenvalue weighted by Crippen LogP contribution is 2.36. The number of rotatable bonds is 5. The standard InChI is InChI=1S/C18H24ClN5O/c1-3-13-6-4-5-9-24(13)18-16(20)17(21-11-22-18)23-14-10-12(19)7-8-15(14)25-2/h7-8,10-11,13H,3-6,9,20H2,1-2H3,(H,21,22,23). The average molecular weight is 362 g/mol. The first-order valence-corrected chi connectivity index (χ1v) is 8.99. The van der Waals surface area contributed by atoms with Gasteiger partial charge < -0.3 is 20.7 Å². The lowest BCUT2D eigenvalue weighted by Crippen LogP contribution is -2.40. The number of aromatic nitrogens is 2. The molecule has 1 aromatic carbocycles. The normalized spacial score (nSPS) is 17.4. The number of halogens is 1. The van der Waals surface area contributed by atoms with Crippen LogP contribution in [-0.4, -0.2) is 29.7 Å². The molecule has 1 atom stereocenters. The Kier molecular flexibility index (Phi) is 5.48.